The van der Waals surface area contributed by atoms with Gasteiger partial charge in [0.05, 0.1) is 12.7 Å². The predicted octanol–water partition coefficient (Wildman–Crippen LogP) is 5.94. The zero-order valence-corrected chi connectivity index (χ0v) is 31.6. The summed E-state index contributed by atoms with van der Waals surface area (Å²) in [6, 6.07) is 0.862. The maximum Gasteiger partial charge on any atom is 0.232 e. The summed E-state index contributed by atoms with van der Waals surface area (Å²) < 4.78 is 13.6. The van der Waals surface area contributed by atoms with Gasteiger partial charge in [-0.25, -0.2) is 0 Å². The molecule has 4 heterocycles. The van der Waals surface area contributed by atoms with E-state index in [1.54, 1.807) is 0 Å². The van der Waals surface area contributed by atoms with Crippen LogP contribution in [0, 0.1) is 52.3 Å². The minimum atomic E-state index is -0.329. The molecule has 1 unspecified atom stereocenters. The Kier molecular flexibility index (Phi) is 9.47. The van der Waals surface area contributed by atoms with E-state index in [9.17, 15) is 9.59 Å². The molecular weight excluding hydrogens is 612 g/mol. The van der Waals surface area contributed by atoms with E-state index in [1.807, 2.05) is 4.90 Å². The number of piperidine rings is 1. The lowest BCUT2D eigenvalue weighted by atomic mass is 9.44. The summed E-state index contributed by atoms with van der Waals surface area (Å²) in [6.45, 7) is 20.0. The Balaban J connectivity index is 0.822. The summed E-state index contributed by atoms with van der Waals surface area (Å²) in [5.41, 5.74) is 0.726. The van der Waals surface area contributed by atoms with E-state index in [0.29, 0.717) is 46.6 Å². The Morgan fingerprint density at radius 3 is 2.29 bits per heavy atom. The molecule has 0 aromatic carbocycles. The van der Waals surface area contributed by atoms with E-state index >= 15 is 0 Å². The number of hydrogen-bond acceptors (Lipinski definition) is 6. The third kappa shape index (κ3) is 6.02. The number of hydrogen-bond donors (Lipinski definition) is 1. The van der Waals surface area contributed by atoms with Crippen LogP contribution in [0.2, 0.25) is 0 Å². The topological polar surface area (TPSA) is 74.4 Å². The molecule has 0 aromatic heterocycles. The summed E-state index contributed by atoms with van der Waals surface area (Å²) in [6.07, 6.45) is 15.0. The fourth-order valence-electron chi connectivity index (χ4n) is 13.9. The molecule has 12 atom stereocenters. The first kappa shape index (κ1) is 34.8. The molecule has 4 aliphatic carbocycles. The number of amides is 2. The number of carbonyl (C=O) groups excluding carboxylic acids is 2. The maximum atomic E-state index is 13.2. The average molecular weight is 681 g/mol. The van der Waals surface area contributed by atoms with Crippen LogP contribution >= 0.6 is 0 Å². The maximum absolute atomic E-state index is 13.2. The molecule has 1 spiro atoms. The quantitative estimate of drug-likeness (QED) is 0.363. The van der Waals surface area contributed by atoms with Gasteiger partial charge in [0.2, 0.25) is 11.8 Å². The molecule has 4 saturated carbocycles. The Hall–Kier alpha value is -1.22. The third-order valence-corrected chi connectivity index (χ3v) is 16.8. The van der Waals surface area contributed by atoms with E-state index in [2.05, 4.69) is 49.7 Å². The largest absolute Gasteiger partial charge is 0.353 e. The van der Waals surface area contributed by atoms with Crippen LogP contribution in [0.1, 0.15) is 118 Å². The van der Waals surface area contributed by atoms with E-state index in [0.717, 1.165) is 76.3 Å². The van der Waals surface area contributed by atoms with Crippen LogP contribution in [0.15, 0.2) is 0 Å². The van der Waals surface area contributed by atoms with Gasteiger partial charge in [-0.15, -0.1) is 0 Å². The van der Waals surface area contributed by atoms with Crippen molar-refractivity contribution in [3.8, 4) is 0 Å². The summed E-state index contributed by atoms with van der Waals surface area (Å²) in [7, 11) is 0. The smallest absolute Gasteiger partial charge is 0.232 e. The highest BCUT2D eigenvalue weighted by Crippen LogP contribution is 2.71. The van der Waals surface area contributed by atoms with Crippen molar-refractivity contribution in [1.82, 2.24) is 20.0 Å². The second-order valence-corrected chi connectivity index (χ2v) is 19.0. The molecule has 8 rings (SSSR count). The van der Waals surface area contributed by atoms with Crippen molar-refractivity contribution in [2.45, 2.75) is 142 Å². The zero-order valence-electron chi connectivity index (χ0n) is 31.6. The summed E-state index contributed by atoms with van der Waals surface area (Å²) in [4.78, 5) is 33.5. The first-order valence-corrected chi connectivity index (χ1v) is 20.9. The number of ether oxygens (including phenoxy) is 2. The average Bonchev–Trinajstić information content (AvgIpc) is 3.55. The van der Waals surface area contributed by atoms with Gasteiger partial charge >= 0.3 is 0 Å². The molecule has 1 N–H and O–H groups in total. The first-order valence-electron chi connectivity index (χ1n) is 20.9. The molecule has 0 bridgehead atoms. The zero-order chi connectivity index (χ0) is 34.1. The van der Waals surface area contributed by atoms with Gasteiger partial charge in [0.15, 0.2) is 5.79 Å². The number of carbonyl (C=O) groups is 2. The molecule has 0 radical (unpaired) electrons. The van der Waals surface area contributed by atoms with Crippen LogP contribution in [0.5, 0.6) is 0 Å². The van der Waals surface area contributed by atoms with Crippen molar-refractivity contribution in [2.75, 3.05) is 52.4 Å². The highest BCUT2D eigenvalue weighted by Gasteiger charge is 2.69. The lowest BCUT2D eigenvalue weighted by molar-refractivity contribution is -0.273. The van der Waals surface area contributed by atoms with Crippen molar-refractivity contribution in [3.05, 3.63) is 0 Å². The van der Waals surface area contributed by atoms with Crippen molar-refractivity contribution < 1.29 is 19.1 Å². The normalized spacial score (nSPS) is 47.7. The van der Waals surface area contributed by atoms with Crippen LogP contribution in [0.25, 0.3) is 0 Å². The summed E-state index contributed by atoms with van der Waals surface area (Å²) in [5, 5.41) is 3.36. The monoisotopic (exact) mass is 681 g/mol. The fraction of sp³-hybridized carbons (Fsp3) is 0.951. The van der Waals surface area contributed by atoms with Crippen LogP contribution in [-0.2, 0) is 19.1 Å². The highest BCUT2D eigenvalue weighted by molar-refractivity contribution is 5.97. The fourth-order valence-corrected chi connectivity index (χ4v) is 13.9. The van der Waals surface area contributed by atoms with E-state index < -0.39 is 0 Å². The molecule has 8 nitrogen and oxygen atoms in total. The number of nitrogens with zero attached hydrogens (tertiary/aromatic N) is 3. The molecule has 0 aromatic rings. The molecule has 8 aliphatic rings. The van der Waals surface area contributed by atoms with E-state index in [1.165, 1.54) is 70.9 Å². The molecule has 49 heavy (non-hydrogen) atoms. The molecule has 4 aliphatic heterocycles. The second-order valence-electron chi connectivity index (χ2n) is 19.0. The number of fused-ring (bicyclic) bond motifs is 7. The van der Waals surface area contributed by atoms with Crippen molar-refractivity contribution in [1.29, 1.82) is 0 Å². The number of nitrogens with one attached hydrogen (secondary N) is 1. The Bertz CT molecular complexity index is 1220. The number of piperazine rings is 1. The van der Waals surface area contributed by atoms with Crippen molar-refractivity contribution >= 4 is 11.8 Å². The van der Waals surface area contributed by atoms with Gasteiger partial charge in [-0.1, -0.05) is 34.6 Å². The van der Waals surface area contributed by atoms with Crippen LogP contribution in [0.3, 0.4) is 0 Å². The van der Waals surface area contributed by atoms with Crippen molar-refractivity contribution in [3.63, 3.8) is 0 Å². The SMILES string of the molecule is CCN1CCC(N2CCN(C(=O)CC(=O)N[C@H]3CC[C@]4(C)C5CC[C@]6(C)[C@@H]7[C@H](C[C@H]6[C@@H]5CC[C@@H]4C3)O[C@]3(CC[C@@H](C)CO3)[C@H]7C)CC2)CC1. The van der Waals surface area contributed by atoms with Crippen LogP contribution in [-0.4, -0.2) is 103 Å². The minimum absolute atomic E-state index is 0.00641. The second kappa shape index (κ2) is 13.3. The standard InChI is InChI=1S/C41H68N4O4/c1-6-43-17-12-31(13-18-43)44-19-21-45(22-20-44)37(47)25-36(46)42-30-10-14-39(4)29(23-30)7-8-32-33(39)11-15-40(5)34(32)24-35-38(40)28(3)41(49-35)16-9-27(2)26-48-41/h27-35,38H,6-26H2,1-5H3,(H,42,46)/t27-,28+,29-,30+,32-,33?,34+,35+,38+,39+,40+,41-/m1/s1. The van der Waals surface area contributed by atoms with E-state index in [-0.39, 0.29) is 30.1 Å². The Labute approximate surface area is 297 Å². The van der Waals surface area contributed by atoms with Crippen molar-refractivity contribution in [2.24, 2.45) is 52.3 Å². The lowest BCUT2D eigenvalue weighted by Gasteiger charge is -2.61. The predicted molar refractivity (Wildman–Crippen MR) is 192 cm³/mol. The molecule has 8 heteroatoms. The highest BCUT2D eigenvalue weighted by atomic mass is 16.7. The van der Waals surface area contributed by atoms with Gasteiger partial charge in [0.1, 0.15) is 6.42 Å². The Morgan fingerprint density at radius 2 is 1.57 bits per heavy atom. The summed E-state index contributed by atoms with van der Waals surface area (Å²) >= 11 is 0. The number of rotatable bonds is 5. The number of likely N-dealkylation sites (tertiary alicyclic amines) is 1. The molecule has 276 valence electrons. The summed E-state index contributed by atoms with van der Waals surface area (Å²) in [5.74, 6) is 4.40. The molecule has 2 amide bonds. The minimum Gasteiger partial charge on any atom is -0.353 e. The van der Waals surface area contributed by atoms with Gasteiger partial charge in [-0.05, 0) is 137 Å². The van der Waals surface area contributed by atoms with Gasteiger partial charge in [0, 0.05) is 50.6 Å². The van der Waals surface area contributed by atoms with Gasteiger partial charge in [0.25, 0.3) is 0 Å². The third-order valence-electron chi connectivity index (χ3n) is 16.8. The molecular formula is C41H68N4O4. The van der Waals surface area contributed by atoms with Gasteiger partial charge in [-0.3, -0.25) is 14.5 Å². The van der Waals surface area contributed by atoms with Crippen LogP contribution in [0.4, 0.5) is 0 Å². The molecule has 8 fully saturated rings. The van der Waals surface area contributed by atoms with Gasteiger partial charge < -0.3 is 24.6 Å². The first-order chi connectivity index (χ1) is 23.5. The molecule has 4 saturated heterocycles. The van der Waals surface area contributed by atoms with E-state index in [4.69, 9.17) is 9.47 Å². The Morgan fingerprint density at radius 1 is 0.816 bits per heavy atom. The lowest BCUT2D eigenvalue weighted by Crippen LogP contribution is -2.56. The van der Waals surface area contributed by atoms with Gasteiger partial charge in [-0.2, -0.15) is 0 Å². The van der Waals surface area contributed by atoms with Crippen LogP contribution < -0.4 is 5.32 Å².